The van der Waals surface area contributed by atoms with Crippen LogP contribution in [-0.2, 0) is 0 Å². The van der Waals surface area contributed by atoms with E-state index in [0.717, 1.165) is 24.0 Å². The minimum Gasteiger partial charge on any atom is -0.314 e. The molecule has 1 aliphatic carbocycles. The highest BCUT2D eigenvalue weighted by Crippen LogP contribution is 2.32. The quantitative estimate of drug-likeness (QED) is 0.849. The van der Waals surface area contributed by atoms with Crippen molar-refractivity contribution in [3.05, 3.63) is 0 Å². The zero-order chi connectivity index (χ0) is 13.4. The second kappa shape index (κ2) is 5.94. The molecule has 2 atom stereocenters. The summed E-state index contributed by atoms with van der Waals surface area (Å²) in [7, 11) is 0. The lowest BCUT2D eigenvalue weighted by atomic mass is 9.95. The van der Waals surface area contributed by atoms with E-state index < -0.39 is 0 Å². The third kappa shape index (κ3) is 2.90. The summed E-state index contributed by atoms with van der Waals surface area (Å²) in [5.74, 6) is 1.03. The summed E-state index contributed by atoms with van der Waals surface area (Å²) in [5, 5.41) is 3.81. The molecule has 0 radical (unpaired) electrons. The molecule has 3 heteroatoms. The van der Waals surface area contributed by atoms with Gasteiger partial charge in [-0.25, -0.2) is 0 Å². The van der Waals surface area contributed by atoms with E-state index in [9.17, 15) is 0 Å². The van der Waals surface area contributed by atoms with Gasteiger partial charge in [0.25, 0.3) is 0 Å². The van der Waals surface area contributed by atoms with Crippen LogP contribution in [0.1, 0.15) is 51.4 Å². The van der Waals surface area contributed by atoms with Gasteiger partial charge in [-0.2, -0.15) is 0 Å². The van der Waals surface area contributed by atoms with E-state index in [-0.39, 0.29) is 0 Å². The van der Waals surface area contributed by atoms with E-state index in [1.807, 2.05) is 0 Å². The Morgan fingerprint density at radius 1 is 0.700 bits per heavy atom. The van der Waals surface area contributed by atoms with Gasteiger partial charge in [0.1, 0.15) is 0 Å². The lowest BCUT2D eigenvalue weighted by Crippen LogP contribution is -2.51. The first-order valence-electron chi connectivity index (χ1n) is 9.11. The molecule has 4 aliphatic rings. The van der Waals surface area contributed by atoms with Crippen LogP contribution in [0.5, 0.6) is 0 Å². The van der Waals surface area contributed by atoms with Crippen LogP contribution >= 0.6 is 0 Å². The minimum atomic E-state index is 0.815. The lowest BCUT2D eigenvalue weighted by Gasteiger charge is -2.41. The van der Waals surface area contributed by atoms with Gasteiger partial charge in [0.05, 0.1) is 0 Å². The average Bonchev–Trinajstić information content (AvgIpc) is 3.23. The van der Waals surface area contributed by atoms with Crippen LogP contribution in [0.15, 0.2) is 0 Å². The Kier molecular flexibility index (Phi) is 4.02. The first-order chi connectivity index (χ1) is 9.90. The molecule has 1 saturated carbocycles. The fraction of sp³-hybridized carbons (Fsp3) is 1.00. The van der Waals surface area contributed by atoms with Crippen LogP contribution in [-0.4, -0.2) is 60.6 Å². The van der Waals surface area contributed by atoms with Crippen molar-refractivity contribution in [1.82, 2.24) is 15.1 Å². The van der Waals surface area contributed by atoms with Crippen LogP contribution < -0.4 is 5.32 Å². The SMILES string of the molecule is C1CCN2CCC(N3CCC(NCC4CC4)CC3)C2C1. The zero-order valence-electron chi connectivity index (χ0n) is 12.9. The number of fused-ring (bicyclic) bond motifs is 1. The molecule has 2 unspecified atom stereocenters. The van der Waals surface area contributed by atoms with Crippen LogP contribution in [0.2, 0.25) is 0 Å². The summed E-state index contributed by atoms with van der Waals surface area (Å²) >= 11 is 0. The number of hydrogen-bond donors (Lipinski definition) is 1. The van der Waals surface area contributed by atoms with Crippen LogP contribution in [0, 0.1) is 5.92 Å². The molecule has 0 aromatic carbocycles. The summed E-state index contributed by atoms with van der Waals surface area (Å²) in [6.45, 7) is 6.73. The molecule has 3 aliphatic heterocycles. The Labute approximate surface area is 124 Å². The monoisotopic (exact) mass is 277 g/mol. The van der Waals surface area contributed by atoms with Crippen molar-refractivity contribution in [3.63, 3.8) is 0 Å². The average molecular weight is 277 g/mol. The molecule has 0 spiro atoms. The number of nitrogens with zero attached hydrogens (tertiary/aromatic N) is 2. The molecular formula is C17H31N3. The fourth-order valence-electron chi connectivity index (χ4n) is 4.74. The largest absolute Gasteiger partial charge is 0.314 e. The van der Waals surface area contributed by atoms with Gasteiger partial charge in [-0.1, -0.05) is 6.42 Å². The van der Waals surface area contributed by atoms with Crippen LogP contribution in [0.4, 0.5) is 0 Å². The first-order valence-corrected chi connectivity index (χ1v) is 9.11. The molecule has 4 rings (SSSR count). The second-order valence-corrected chi connectivity index (χ2v) is 7.62. The summed E-state index contributed by atoms with van der Waals surface area (Å²) in [6, 6.07) is 2.61. The van der Waals surface area contributed by atoms with Gasteiger partial charge in [0.15, 0.2) is 0 Å². The Hall–Kier alpha value is -0.120. The summed E-state index contributed by atoms with van der Waals surface area (Å²) in [6.07, 6.45) is 11.5. The van der Waals surface area contributed by atoms with Crippen molar-refractivity contribution in [3.8, 4) is 0 Å². The third-order valence-electron chi connectivity index (χ3n) is 6.21. The molecule has 0 bridgehead atoms. The number of nitrogens with one attached hydrogen (secondary N) is 1. The highest BCUT2D eigenvalue weighted by Gasteiger charge is 2.39. The molecule has 3 saturated heterocycles. The summed E-state index contributed by atoms with van der Waals surface area (Å²) < 4.78 is 0. The number of piperidine rings is 2. The highest BCUT2D eigenvalue weighted by molar-refractivity contribution is 4.97. The van der Waals surface area contributed by atoms with E-state index in [4.69, 9.17) is 0 Å². The molecule has 0 amide bonds. The topological polar surface area (TPSA) is 18.5 Å². The predicted octanol–water partition coefficient (Wildman–Crippen LogP) is 2.08. The molecular weight excluding hydrogens is 246 g/mol. The van der Waals surface area contributed by atoms with Crippen molar-refractivity contribution in [1.29, 1.82) is 0 Å². The summed E-state index contributed by atoms with van der Waals surface area (Å²) in [5.41, 5.74) is 0. The molecule has 4 fully saturated rings. The van der Waals surface area contributed by atoms with Gasteiger partial charge in [-0.3, -0.25) is 9.80 Å². The highest BCUT2D eigenvalue weighted by atomic mass is 15.3. The zero-order valence-corrected chi connectivity index (χ0v) is 12.9. The van der Waals surface area contributed by atoms with Crippen molar-refractivity contribution >= 4 is 0 Å². The van der Waals surface area contributed by atoms with Gasteiger partial charge in [0.2, 0.25) is 0 Å². The number of rotatable bonds is 4. The Morgan fingerprint density at radius 2 is 1.40 bits per heavy atom. The van der Waals surface area contributed by atoms with Crippen molar-refractivity contribution in [2.24, 2.45) is 5.92 Å². The summed E-state index contributed by atoms with van der Waals surface area (Å²) in [4.78, 5) is 5.62. The molecule has 20 heavy (non-hydrogen) atoms. The maximum atomic E-state index is 3.81. The standard InChI is InChI=1S/C17H31N3/c1-2-9-19-12-8-17(16(19)3-1)20-10-6-15(7-11-20)18-13-14-4-5-14/h14-18H,1-13H2. The molecule has 0 aromatic rings. The first kappa shape index (κ1) is 13.5. The van der Waals surface area contributed by atoms with Crippen molar-refractivity contribution in [2.45, 2.75) is 69.5 Å². The predicted molar refractivity (Wildman–Crippen MR) is 82.9 cm³/mol. The lowest BCUT2D eigenvalue weighted by molar-refractivity contribution is 0.0903. The van der Waals surface area contributed by atoms with Gasteiger partial charge < -0.3 is 5.32 Å². The van der Waals surface area contributed by atoms with E-state index in [0.29, 0.717) is 0 Å². The molecule has 3 heterocycles. The maximum absolute atomic E-state index is 3.81. The second-order valence-electron chi connectivity index (χ2n) is 7.62. The van der Waals surface area contributed by atoms with Crippen LogP contribution in [0.25, 0.3) is 0 Å². The van der Waals surface area contributed by atoms with Crippen LogP contribution in [0.3, 0.4) is 0 Å². The Bertz CT molecular complexity index is 320. The van der Waals surface area contributed by atoms with Gasteiger partial charge >= 0.3 is 0 Å². The maximum Gasteiger partial charge on any atom is 0.0263 e. The normalized spacial score (nSPS) is 37.2. The molecule has 114 valence electrons. The van der Waals surface area contributed by atoms with Gasteiger partial charge in [-0.05, 0) is 77.0 Å². The van der Waals surface area contributed by atoms with Crippen molar-refractivity contribution < 1.29 is 0 Å². The fourth-order valence-corrected chi connectivity index (χ4v) is 4.74. The van der Waals surface area contributed by atoms with E-state index >= 15 is 0 Å². The number of hydrogen-bond acceptors (Lipinski definition) is 3. The van der Waals surface area contributed by atoms with E-state index in [1.54, 1.807) is 0 Å². The number of likely N-dealkylation sites (tertiary alicyclic amines) is 1. The van der Waals surface area contributed by atoms with E-state index in [1.165, 1.54) is 84.1 Å². The molecule has 0 aromatic heterocycles. The minimum absolute atomic E-state index is 0.815. The smallest absolute Gasteiger partial charge is 0.0263 e. The van der Waals surface area contributed by atoms with Gasteiger partial charge in [0, 0.05) is 24.7 Å². The van der Waals surface area contributed by atoms with Gasteiger partial charge in [-0.15, -0.1) is 0 Å². The molecule has 1 N–H and O–H groups in total. The Morgan fingerprint density at radius 3 is 2.20 bits per heavy atom. The van der Waals surface area contributed by atoms with E-state index in [2.05, 4.69) is 15.1 Å². The third-order valence-corrected chi connectivity index (χ3v) is 6.21. The molecule has 3 nitrogen and oxygen atoms in total. The Balaban J connectivity index is 1.26. The van der Waals surface area contributed by atoms with Crippen molar-refractivity contribution in [2.75, 3.05) is 32.7 Å².